The highest BCUT2D eigenvalue weighted by Gasteiger charge is 2.17. The molecule has 3 aromatic rings. The van der Waals surface area contributed by atoms with Crippen LogP contribution in [-0.4, -0.2) is 24.7 Å². The van der Waals surface area contributed by atoms with Crippen molar-refractivity contribution in [2.24, 2.45) is 0 Å². The minimum atomic E-state index is -0.841. The van der Waals surface area contributed by atoms with Crippen LogP contribution in [0.1, 0.15) is 20.1 Å². The van der Waals surface area contributed by atoms with Crippen molar-refractivity contribution in [3.8, 4) is 5.75 Å². The van der Waals surface area contributed by atoms with Gasteiger partial charge in [-0.05, 0) is 41.8 Å². The molecule has 2 heterocycles. The van der Waals surface area contributed by atoms with E-state index in [2.05, 4.69) is 10.6 Å². The van der Waals surface area contributed by atoms with Gasteiger partial charge in [-0.25, -0.2) is 0 Å². The van der Waals surface area contributed by atoms with Crippen molar-refractivity contribution in [2.45, 2.75) is 6.54 Å². The number of carbonyl (C=O) groups is 3. The van der Waals surface area contributed by atoms with Crippen LogP contribution in [0.5, 0.6) is 5.75 Å². The molecule has 2 N–H and O–H groups in total. The number of benzene rings is 1. The van der Waals surface area contributed by atoms with Gasteiger partial charge in [-0.2, -0.15) is 11.3 Å². The van der Waals surface area contributed by atoms with Crippen molar-refractivity contribution in [2.75, 3.05) is 12.4 Å². The largest absolute Gasteiger partial charge is 0.495 e. The van der Waals surface area contributed by atoms with Crippen molar-refractivity contribution in [3.05, 3.63) is 67.5 Å². The summed E-state index contributed by atoms with van der Waals surface area (Å²) in [5.74, 6) is -1.32. The molecule has 0 bridgehead atoms. The van der Waals surface area contributed by atoms with Crippen LogP contribution in [0.4, 0.5) is 5.69 Å². The molecule has 0 aliphatic carbocycles. The summed E-state index contributed by atoms with van der Waals surface area (Å²) >= 11 is 8.64. The predicted molar refractivity (Wildman–Crippen MR) is 111 cm³/mol. The van der Waals surface area contributed by atoms with Crippen molar-refractivity contribution in [1.82, 2.24) is 5.32 Å². The van der Waals surface area contributed by atoms with E-state index in [-0.39, 0.29) is 12.3 Å². The van der Waals surface area contributed by atoms with E-state index < -0.39 is 11.8 Å². The minimum Gasteiger partial charge on any atom is -0.495 e. The maximum absolute atomic E-state index is 12.3. The van der Waals surface area contributed by atoms with Gasteiger partial charge >= 0.3 is 11.8 Å². The van der Waals surface area contributed by atoms with Crippen LogP contribution in [0.25, 0.3) is 0 Å². The fraction of sp³-hybridized carbons (Fsp3) is 0.105. The summed E-state index contributed by atoms with van der Waals surface area (Å²) in [6, 6.07) is 9.93. The number of halogens is 1. The van der Waals surface area contributed by atoms with Crippen molar-refractivity contribution in [3.63, 3.8) is 0 Å². The first-order chi connectivity index (χ1) is 13.5. The summed E-state index contributed by atoms with van der Waals surface area (Å²) in [6.07, 6.45) is 0. The number of anilines is 1. The molecule has 0 saturated carbocycles. The van der Waals surface area contributed by atoms with Gasteiger partial charge in [0.15, 0.2) is 0 Å². The minimum absolute atomic E-state index is 0.0605. The fourth-order valence-electron chi connectivity index (χ4n) is 2.34. The predicted octanol–water partition coefficient (Wildman–Crippen LogP) is 3.96. The van der Waals surface area contributed by atoms with E-state index in [0.717, 1.165) is 4.88 Å². The number of thiophene rings is 2. The second-order valence-electron chi connectivity index (χ2n) is 5.59. The quantitative estimate of drug-likeness (QED) is 0.454. The lowest BCUT2D eigenvalue weighted by Crippen LogP contribution is -2.34. The summed E-state index contributed by atoms with van der Waals surface area (Å²) in [5, 5.41) is 9.04. The van der Waals surface area contributed by atoms with Crippen molar-refractivity contribution < 1.29 is 19.1 Å². The Kier molecular flexibility index (Phi) is 6.45. The number of nitrogens with one attached hydrogen (secondary N) is 2. The standard InChI is InChI=1S/C19H15ClN2O4S2/c1-26-15-4-2-12(20)8-14(15)22-19(25)18(24)21-9-13-3-5-16(28-13)17(23)11-6-7-27-10-11/h2-8,10H,9H2,1H3,(H,21,24)(H,22,25). The lowest BCUT2D eigenvalue weighted by Gasteiger charge is -2.10. The normalized spacial score (nSPS) is 10.4. The molecule has 1 aromatic carbocycles. The highest BCUT2D eigenvalue weighted by molar-refractivity contribution is 7.14. The zero-order valence-corrected chi connectivity index (χ0v) is 17.0. The van der Waals surface area contributed by atoms with Gasteiger partial charge in [0, 0.05) is 20.8 Å². The molecule has 28 heavy (non-hydrogen) atoms. The number of hydrogen-bond donors (Lipinski definition) is 2. The van der Waals surface area contributed by atoms with E-state index in [9.17, 15) is 14.4 Å². The zero-order chi connectivity index (χ0) is 20.1. The van der Waals surface area contributed by atoms with E-state index in [0.29, 0.717) is 26.9 Å². The highest BCUT2D eigenvalue weighted by atomic mass is 35.5. The number of hydrogen-bond acceptors (Lipinski definition) is 6. The molecule has 0 unspecified atom stereocenters. The lowest BCUT2D eigenvalue weighted by atomic mass is 10.2. The van der Waals surface area contributed by atoms with Crippen LogP contribution in [0.2, 0.25) is 5.02 Å². The molecule has 0 spiro atoms. The first-order valence-electron chi connectivity index (χ1n) is 8.06. The van der Waals surface area contributed by atoms with Gasteiger partial charge in [-0.1, -0.05) is 11.6 Å². The fourth-order valence-corrected chi connectivity index (χ4v) is 4.05. The molecule has 2 aromatic heterocycles. The molecular formula is C19H15ClN2O4S2. The number of carbonyl (C=O) groups excluding carboxylic acids is 3. The number of methoxy groups -OCH3 is 1. The monoisotopic (exact) mass is 434 g/mol. The first kappa shape index (κ1) is 20.1. The zero-order valence-electron chi connectivity index (χ0n) is 14.7. The van der Waals surface area contributed by atoms with Gasteiger partial charge in [0.1, 0.15) is 5.75 Å². The summed E-state index contributed by atoms with van der Waals surface area (Å²) in [4.78, 5) is 37.8. The summed E-state index contributed by atoms with van der Waals surface area (Å²) in [6.45, 7) is 0.139. The van der Waals surface area contributed by atoms with Crippen LogP contribution in [-0.2, 0) is 16.1 Å². The first-order valence-corrected chi connectivity index (χ1v) is 10.2. The number of ether oxygens (including phenoxy) is 1. The van der Waals surface area contributed by atoms with Gasteiger partial charge in [0.05, 0.1) is 24.2 Å². The van der Waals surface area contributed by atoms with Crippen LogP contribution in [0.15, 0.2) is 47.2 Å². The Labute approximate surface area is 174 Å². The third-order valence-electron chi connectivity index (χ3n) is 3.71. The summed E-state index contributed by atoms with van der Waals surface area (Å²) in [7, 11) is 1.45. The van der Waals surface area contributed by atoms with Gasteiger partial charge in [0.25, 0.3) is 0 Å². The molecule has 0 atom stereocenters. The van der Waals surface area contributed by atoms with Gasteiger partial charge in [-0.3, -0.25) is 14.4 Å². The second kappa shape index (κ2) is 9.01. The van der Waals surface area contributed by atoms with Gasteiger partial charge < -0.3 is 15.4 Å². The summed E-state index contributed by atoms with van der Waals surface area (Å²) in [5.41, 5.74) is 0.937. The number of ketones is 1. The molecule has 0 aliphatic heterocycles. The average molecular weight is 435 g/mol. The van der Waals surface area contributed by atoms with E-state index >= 15 is 0 Å². The molecule has 2 amide bonds. The molecule has 3 rings (SSSR count). The second-order valence-corrected chi connectivity index (χ2v) is 7.97. The highest BCUT2D eigenvalue weighted by Crippen LogP contribution is 2.27. The molecule has 144 valence electrons. The van der Waals surface area contributed by atoms with E-state index in [1.165, 1.54) is 35.8 Å². The van der Waals surface area contributed by atoms with E-state index in [1.54, 1.807) is 35.7 Å². The Hall–Kier alpha value is -2.68. The Morgan fingerprint density at radius 2 is 1.93 bits per heavy atom. The maximum Gasteiger partial charge on any atom is 0.313 e. The molecular weight excluding hydrogens is 420 g/mol. The van der Waals surface area contributed by atoms with Gasteiger partial charge in [-0.15, -0.1) is 11.3 Å². The molecule has 6 nitrogen and oxygen atoms in total. The SMILES string of the molecule is COc1ccc(Cl)cc1NC(=O)C(=O)NCc1ccc(C(=O)c2ccsc2)s1. The summed E-state index contributed by atoms with van der Waals surface area (Å²) < 4.78 is 5.13. The van der Waals surface area contributed by atoms with Crippen LogP contribution < -0.4 is 15.4 Å². The van der Waals surface area contributed by atoms with E-state index in [1.807, 2.05) is 5.38 Å². The maximum atomic E-state index is 12.3. The van der Waals surface area contributed by atoms with Gasteiger partial charge in [0.2, 0.25) is 5.78 Å². The van der Waals surface area contributed by atoms with Crippen molar-refractivity contribution >= 4 is 57.6 Å². The topological polar surface area (TPSA) is 84.5 Å². The molecule has 0 saturated heterocycles. The van der Waals surface area contributed by atoms with Crippen LogP contribution in [0, 0.1) is 0 Å². The molecule has 0 fully saturated rings. The van der Waals surface area contributed by atoms with Crippen LogP contribution in [0.3, 0.4) is 0 Å². The smallest absolute Gasteiger partial charge is 0.313 e. The third-order valence-corrected chi connectivity index (χ3v) is 5.71. The Bertz CT molecular complexity index is 1010. The lowest BCUT2D eigenvalue weighted by molar-refractivity contribution is -0.136. The van der Waals surface area contributed by atoms with E-state index in [4.69, 9.17) is 16.3 Å². The average Bonchev–Trinajstić information content (AvgIpc) is 3.38. The molecule has 9 heteroatoms. The van der Waals surface area contributed by atoms with Crippen LogP contribution >= 0.6 is 34.3 Å². The third kappa shape index (κ3) is 4.78. The van der Waals surface area contributed by atoms with Crippen molar-refractivity contribution in [1.29, 1.82) is 0 Å². The molecule has 0 radical (unpaired) electrons. The molecule has 0 aliphatic rings. The number of amides is 2. The Morgan fingerprint density at radius 3 is 2.64 bits per heavy atom. The number of rotatable bonds is 6. The Balaban J connectivity index is 1.58. The Morgan fingerprint density at radius 1 is 1.11 bits per heavy atom.